The number of hydrogen-bond acceptors (Lipinski definition) is 4. The monoisotopic (exact) mass is 267 g/mol. The van der Waals surface area contributed by atoms with Crippen LogP contribution < -0.4 is 5.73 Å². The van der Waals surface area contributed by atoms with Crippen LogP contribution in [-0.4, -0.2) is 25.8 Å². The average Bonchev–Trinajstić information content (AvgIpc) is 2.87. The Hall–Kier alpha value is -1.82. The Kier molecular flexibility index (Phi) is 3.38. The molecule has 2 aromatic heterocycles. The van der Waals surface area contributed by atoms with Gasteiger partial charge in [0.25, 0.3) is 0 Å². The number of anilines is 1. The second kappa shape index (κ2) is 4.81. The van der Waals surface area contributed by atoms with Crippen LogP contribution in [0.3, 0.4) is 0 Å². The maximum absolute atomic E-state index is 12.1. The molecule has 96 valence electrons. The van der Waals surface area contributed by atoms with Crippen molar-refractivity contribution in [1.82, 2.24) is 20.0 Å². The number of nitrogen functional groups attached to an aromatic ring is 1. The van der Waals surface area contributed by atoms with Gasteiger partial charge in [0.2, 0.25) is 0 Å². The Balaban J connectivity index is 2.27. The molecule has 7 heteroatoms. The summed E-state index contributed by atoms with van der Waals surface area (Å²) >= 11 is 6.18. The van der Waals surface area contributed by atoms with E-state index in [-0.39, 0.29) is 18.0 Å². The number of carbonyl (C=O) groups is 1. The SMILES string of the molecule is CCc1nn(C)c(CC(=O)c2cn[nH]c2N)c1Cl. The molecular formula is C11H14ClN5O. The third kappa shape index (κ3) is 2.11. The van der Waals surface area contributed by atoms with Gasteiger partial charge in [-0.1, -0.05) is 18.5 Å². The van der Waals surface area contributed by atoms with Gasteiger partial charge in [0.15, 0.2) is 5.78 Å². The van der Waals surface area contributed by atoms with Gasteiger partial charge in [-0.2, -0.15) is 10.2 Å². The van der Waals surface area contributed by atoms with Crippen molar-refractivity contribution in [3.63, 3.8) is 0 Å². The summed E-state index contributed by atoms with van der Waals surface area (Å²) in [7, 11) is 1.77. The first-order valence-corrected chi connectivity index (χ1v) is 5.94. The number of aryl methyl sites for hydroxylation is 2. The number of nitrogens with one attached hydrogen (secondary N) is 1. The van der Waals surface area contributed by atoms with Crippen molar-refractivity contribution in [2.75, 3.05) is 5.73 Å². The number of rotatable bonds is 4. The van der Waals surface area contributed by atoms with Crippen molar-refractivity contribution >= 4 is 23.2 Å². The number of carbonyl (C=O) groups excluding carboxylic acids is 1. The van der Waals surface area contributed by atoms with Gasteiger partial charge < -0.3 is 5.73 Å². The largest absolute Gasteiger partial charge is 0.383 e. The molecular weight excluding hydrogens is 254 g/mol. The Bertz CT molecular complexity index is 586. The molecule has 0 aliphatic carbocycles. The van der Waals surface area contributed by atoms with Crippen molar-refractivity contribution in [2.45, 2.75) is 19.8 Å². The molecule has 0 bridgehead atoms. The lowest BCUT2D eigenvalue weighted by molar-refractivity contribution is 0.0991. The minimum atomic E-state index is -0.131. The topological polar surface area (TPSA) is 89.6 Å². The van der Waals surface area contributed by atoms with Crippen LogP contribution in [0.25, 0.3) is 0 Å². The van der Waals surface area contributed by atoms with Crippen molar-refractivity contribution in [3.8, 4) is 0 Å². The lowest BCUT2D eigenvalue weighted by Gasteiger charge is -2.01. The van der Waals surface area contributed by atoms with Crippen LogP contribution in [0.15, 0.2) is 6.20 Å². The number of aromatic nitrogens is 4. The lowest BCUT2D eigenvalue weighted by atomic mass is 10.1. The van der Waals surface area contributed by atoms with Gasteiger partial charge in [-0.05, 0) is 6.42 Å². The molecule has 2 aromatic rings. The van der Waals surface area contributed by atoms with Gasteiger partial charge >= 0.3 is 0 Å². The Labute approximate surface area is 109 Å². The molecule has 0 amide bonds. The molecule has 0 unspecified atom stereocenters. The maximum Gasteiger partial charge on any atom is 0.174 e. The van der Waals surface area contributed by atoms with Gasteiger partial charge in [0.1, 0.15) is 5.82 Å². The third-order valence-electron chi connectivity index (χ3n) is 2.80. The molecule has 0 fully saturated rings. The molecule has 0 spiro atoms. The molecule has 18 heavy (non-hydrogen) atoms. The van der Waals surface area contributed by atoms with Crippen molar-refractivity contribution < 1.29 is 4.79 Å². The summed E-state index contributed by atoms with van der Waals surface area (Å²) in [5, 5.41) is 11.1. The second-order valence-electron chi connectivity index (χ2n) is 3.98. The highest BCUT2D eigenvalue weighted by Gasteiger charge is 2.19. The van der Waals surface area contributed by atoms with E-state index in [4.69, 9.17) is 17.3 Å². The van der Waals surface area contributed by atoms with Crippen LogP contribution in [0, 0.1) is 0 Å². The first-order chi connectivity index (χ1) is 8.54. The van der Waals surface area contributed by atoms with E-state index in [1.807, 2.05) is 6.92 Å². The third-order valence-corrected chi connectivity index (χ3v) is 3.24. The van der Waals surface area contributed by atoms with Crippen molar-refractivity contribution in [1.29, 1.82) is 0 Å². The molecule has 0 saturated heterocycles. The van der Waals surface area contributed by atoms with Gasteiger partial charge in [0.05, 0.1) is 34.6 Å². The Morgan fingerprint density at radius 3 is 2.83 bits per heavy atom. The molecule has 0 atom stereocenters. The van der Waals surface area contributed by atoms with Crippen LogP contribution in [0.4, 0.5) is 5.82 Å². The molecule has 0 aliphatic rings. The highest BCUT2D eigenvalue weighted by Crippen LogP contribution is 2.22. The molecule has 0 radical (unpaired) electrons. The zero-order valence-corrected chi connectivity index (χ0v) is 11.0. The van der Waals surface area contributed by atoms with E-state index >= 15 is 0 Å². The fourth-order valence-corrected chi connectivity index (χ4v) is 2.14. The smallest absolute Gasteiger partial charge is 0.174 e. The second-order valence-corrected chi connectivity index (χ2v) is 4.36. The van der Waals surface area contributed by atoms with Gasteiger partial charge in [-0.3, -0.25) is 14.6 Å². The number of nitrogens with zero attached hydrogens (tertiary/aromatic N) is 3. The summed E-state index contributed by atoms with van der Waals surface area (Å²) in [4.78, 5) is 12.1. The van der Waals surface area contributed by atoms with E-state index in [1.165, 1.54) is 6.20 Å². The van der Waals surface area contributed by atoms with Crippen LogP contribution in [0.5, 0.6) is 0 Å². The molecule has 0 aromatic carbocycles. The number of H-pyrrole nitrogens is 1. The number of Topliss-reactive ketones (excluding diaryl/α,β-unsaturated/α-hetero) is 1. The maximum atomic E-state index is 12.1. The van der Waals surface area contributed by atoms with Crippen molar-refractivity contribution in [3.05, 3.63) is 28.2 Å². The molecule has 3 N–H and O–H groups in total. The predicted octanol–water partition coefficient (Wildman–Crippen LogP) is 1.37. The standard InChI is InChI=1S/C11H14ClN5O/c1-3-7-10(12)8(17(2)16-7)4-9(18)6-5-14-15-11(6)13/h5H,3-4H2,1-2H3,(H3,13,14,15). The van der Waals surface area contributed by atoms with Crippen LogP contribution >= 0.6 is 11.6 Å². The number of ketones is 1. The summed E-state index contributed by atoms with van der Waals surface area (Å²) in [5.41, 5.74) is 7.48. The van der Waals surface area contributed by atoms with Crippen molar-refractivity contribution in [2.24, 2.45) is 7.05 Å². The van der Waals surface area contributed by atoms with Gasteiger partial charge in [-0.15, -0.1) is 0 Å². The van der Waals surface area contributed by atoms with Gasteiger partial charge in [0, 0.05) is 7.05 Å². The number of halogens is 1. The lowest BCUT2D eigenvalue weighted by Crippen LogP contribution is -2.09. The minimum Gasteiger partial charge on any atom is -0.383 e. The van der Waals surface area contributed by atoms with Crippen LogP contribution in [0.1, 0.15) is 28.7 Å². The van der Waals surface area contributed by atoms with E-state index in [2.05, 4.69) is 15.3 Å². The molecule has 2 rings (SSSR count). The quantitative estimate of drug-likeness (QED) is 0.819. The van der Waals surface area contributed by atoms with E-state index in [0.29, 0.717) is 16.3 Å². The first kappa shape index (κ1) is 12.6. The number of hydrogen-bond donors (Lipinski definition) is 2. The zero-order valence-electron chi connectivity index (χ0n) is 10.2. The average molecular weight is 268 g/mol. The summed E-state index contributed by atoms with van der Waals surface area (Å²) in [6, 6.07) is 0. The fourth-order valence-electron chi connectivity index (χ4n) is 1.78. The highest BCUT2D eigenvalue weighted by molar-refractivity contribution is 6.32. The minimum absolute atomic E-state index is 0.131. The molecule has 6 nitrogen and oxygen atoms in total. The Morgan fingerprint density at radius 2 is 2.33 bits per heavy atom. The number of nitrogens with two attached hydrogens (primary N) is 1. The van der Waals surface area contributed by atoms with E-state index < -0.39 is 0 Å². The highest BCUT2D eigenvalue weighted by atomic mass is 35.5. The number of aromatic amines is 1. The van der Waals surface area contributed by atoms with E-state index in [1.54, 1.807) is 11.7 Å². The van der Waals surface area contributed by atoms with Gasteiger partial charge in [-0.25, -0.2) is 0 Å². The molecule has 0 saturated carbocycles. The predicted molar refractivity (Wildman–Crippen MR) is 68.6 cm³/mol. The normalized spacial score (nSPS) is 10.8. The summed E-state index contributed by atoms with van der Waals surface area (Å²) in [5.74, 6) is 0.141. The van der Waals surface area contributed by atoms with E-state index in [9.17, 15) is 4.79 Å². The molecule has 2 heterocycles. The molecule has 0 aliphatic heterocycles. The summed E-state index contributed by atoms with van der Waals surface area (Å²) in [6.45, 7) is 1.97. The first-order valence-electron chi connectivity index (χ1n) is 5.56. The van der Waals surface area contributed by atoms with E-state index in [0.717, 1.165) is 12.1 Å². The zero-order chi connectivity index (χ0) is 13.3. The van der Waals surface area contributed by atoms with Crippen LogP contribution in [-0.2, 0) is 19.9 Å². The van der Waals surface area contributed by atoms with Crippen LogP contribution in [0.2, 0.25) is 5.02 Å². The Morgan fingerprint density at radius 1 is 1.61 bits per heavy atom. The summed E-state index contributed by atoms with van der Waals surface area (Å²) < 4.78 is 1.63. The fraction of sp³-hybridized carbons (Fsp3) is 0.364. The summed E-state index contributed by atoms with van der Waals surface area (Å²) in [6.07, 6.45) is 2.31.